The molecule has 1 saturated heterocycles. The third-order valence-electron chi connectivity index (χ3n) is 3.93. The van der Waals surface area contributed by atoms with Crippen LogP contribution in [-0.4, -0.2) is 23.3 Å². The second-order valence-electron chi connectivity index (χ2n) is 5.75. The minimum atomic E-state index is -0.454. The minimum absolute atomic E-state index is 0.147. The third kappa shape index (κ3) is 7.56. The Kier molecular flexibility index (Phi) is 8.89. The molecule has 3 heteroatoms. The highest BCUT2D eigenvalue weighted by atomic mass is 16.6. The highest BCUT2D eigenvalue weighted by molar-refractivity contribution is 5.70. The smallest absolute Gasteiger partial charge is 0.306 e. The van der Waals surface area contributed by atoms with Crippen molar-refractivity contribution in [2.24, 2.45) is 0 Å². The predicted octanol–water partition coefficient (Wildman–Crippen LogP) is 3.97. The van der Waals surface area contributed by atoms with Gasteiger partial charge in [0.1, 0.15) is 6.10 Å². The Hall–Kier alpha value is -0.570. The molecule has 0 radical (unpaired) electrons. The first kappa shape index (κ1) is 16.5. The normalized spacial score (nSPS) is 21.2. The van der Waals surface area contributed by atoms with E-state index in [1.54, 1.807) is 0 Å². The van der Waals surface area contributed by atoms with Gasteiger partial charge in [-0.05, 0) is 19.3 Å². The SMILES string of the molecule is CCCCCCCCCC[C@@H](O)[C@H]1CCCC(=O)O1. The quantitative estimate of drug-likeness (QED) is 0.482. The van der Waals surface area contributed by atoms with Crippen LogP contribution < -0.4 is 0 Å². The van der Waals surface area contributed by atoms with Crippen LogP contribution in [0.5, 0.6) is 0 Å². The van der Waals surface area contributed by atoms with E-state index in [0.29, 0.717) is 6.42 Å². The van der Waals surface area contributed by atoms with E-state index >= 15 is 0 Å². The van der Waals surface area contributed by atoms with Crippen molar-refractivity contribution in [3.63, 3.8) is 0 Å². The molecule has 0 aromatic carbocycles. The summed E-state index contributed by atoms with van der Waals surface area (Å²) in [5, 5.41) is 9.99. The second kappa shape index (κ2) is 10.2. The summed E-state index contributed by atoms with van der Waals surface area (Å²) in [6.07, 6.45) is 12.4. The van der Waals surface area contributed by atoms with E-state index in [9.17, 15) is 9.90 Å². The molecule has 1 rings (SSSR count). The largest absolute Gasteiger partial charge is 0.460 e. The number of unbranched alkanes of at least 4 members (excludes halogenated alkanes) is 7. The summed E-state index contributed by atoms with van der Waals surface area (Å²) >= 11 is 0. The van der Waals surface area contributed by atoms with Gasteiger partial charge in [0, 0.05) is 6.42 Å². The van der Waals surface area contributed by atoms with Crippen LogP contribution in [-0.2, 0) is 9.53 Å². The van der Waals surface area contributed by atoms with Gasteiger partial charge in [-0.15, -0.1) is 0 Å². The maximum Gasteiger partial charge on any atom is 0.306 e. The van der Waals surface area contributed by atoms with Crippen molar-refractivity contribution in [1.29, 1.82) is 0 Å². The molecule has 2 atom stereocenters. The first-order valence-electron chi connectivity index (χ1n) is 8.11. The van der Waals surface area contributed by atoms with Crippen molar-refractivity contribution < 1.29 is 14.6 Å². The number of carbonyl (C=O) groups is 1. The van der Waals surface area contributed by atoms with Crippen molar-refractivity contribution in [1.82, 2.24) is 0 Å². The fourth-order valence-electron chi connectivity index (χ4n) is 2.68. The van der Waals surface area contributed by atoms with Gasteiger partial charge in [-0.2, -0.15) is 0 Å². The molecular formula is C16H30O3. The fraction of sp³-hybridized carbons (Fsp3) is 0.938. The summed E-state index contributed by atoms with van der Waals surface area (Å²) in [7, 11) is 0. The Bertz CT molecular complexity index is 240. The van der Waals surface area contributed by atoms with Gasteiger partial charge in [-0.25, -0.2) is 0 Å². The molecule has 0 amide bonds. The Morgan fingerprint density at radius 2 is 1.79 bits per heavy atom. The Labute approximate surface area is 117 Å². The van der Waals surface area contributed by atoms with Crippen molar-refractivity contribution >= 4 is 5.97 Å². The van der Waals surface area contributed by atoms with E-state index in [-0.39, 0.29) is 12.1 Å². The second-order valence-corrected chi connectivity index (χ2v) is 5.75. The van der Waals surface area contributed by atoms with Gasteiger partial charge in [0.15, 0.2) is 0 Å². The van der Waals surface area contributed by atoms with Crippen LogP contribution in [0.15, 0.2) is 0 Å². The molecule has 0 saturated carbocycles. The number of rotatable bonds is 10. The molecule has 0 unspecified atom stereocenters. The van der Waals surface area contributed by atoms with Gasteiger partial charge < -0.3 is 9.84 Å². The molecule has 112 valence electrons. The van der Waals surface area contributed by atoms with Gasteiger partial charge in [-0.3, -0.25) is 4.79 Å². The number of aliphatic hydroxyl groups is 1. The summed E-state index contributed by atoms with van der Waals surface area (Å²) in [5.74, 6) is -0.147. The zero-order chi connectivity index (χ0) is 13.9. The van der Waals surface area contributed by atoms with E-state index in [1.807, 2.05) is 0 Å². The van der Waals surface area contributed by atoms with Gasteiger partial charge in [-0.1, -0.05) is 58.3 Å². The lowest BCUT2D eigenvalue weighted by molar-refractivity contribution is -0.161. The summed E-state index contributed by atoms with van der Waals surface area (Å²) in [6.45, 7) is 2.24. The standard InChI is InChI=1S/C16H30O3/c1-2-3-4-5-6-7-8-9-11-14(17)15-12-10-13-16(18)19-15/h14-15,17H,2-13H2,1H3/t14-,15-/m1/s1. The number of cyclic esters (lactones) is 1. The van der Waals surface area contributed by atoms with Crippen LogP contribution in [0.3, 0.4) is 0 Å². The Balaban J connectivity index is 1.95. The molecule has 19 heavy (non-hydrogen) atoms. The summed E-state index contributed by atoms with van der Waals surface area (Å²) < 4.78 is 5.18. The lowest BCUT2D eigenvalue weighted by atomic mass is 9.99. The molecular weight excluding hydrogens is 240 g/mol. The van der Waals surface area contributed by atoms with E-state index in [0.717, 1.165) is 25.7 Å². The highest BCUT2D eigenvalue weighted by Crippen LogP contribution is 2.20. The number of aliphatic hydroxyl groups excluding tert-OH is 1. The summed E-state index contributed by atoms with van der Waals surface area (Å²) in [4.78, 5) is 11.1. The molecule has 0 aromatic rings. The average molecular weight is 270 g/mol. The zero-order valence-corrected chi connectivity index (χ0v) is 12.4. The summed E-state index contributed by atoms with van der Waals surface area (Å²) in [5.41, 5.74) is 0. The first-order chi connectivity index (χ1) is 9.24. The summed E-state index contributed by atoms with van der Waals surface area (Å²) in [6, 6.07) is 0. The van der Waals surface area contributed by atoms with Gasteiger partial charge in [0.2, 0.25) is 0 Å². The lowest BCUT2D eigenvalue weighted by Gasteiger charge is -2.26. The Morgan fingerprint density at radius 3 is 2.42 bits per heavy atom. The number of hydrogen-bond donors (Lipinski definition) is 1. The molecule has 1 N–H and O–H groups in total. The molecule has 0 aliphatic carbocycles. The molecule has 0 spiro atoms. The number of carbonyl (C=O) groups excluding carboxylic acids is 1. The van der Waals surface area contributed by atoms with Crippen LogP contribution in [0.4, 0.5) is 0 Å². The molecule has 1 aliphatic rings. The monoisotopic (exact) mass is 270 g/mol. The molecule has 1 fully saturated rings. The molecule has 1 aliphatic heterocycles. The molecule has 0 aromatic heterocycles. The minimum Gasteiger partial charge on any atom is -0.460 e. The molecule has 0 bridgehead atoms. The van der Waals surface area contributed by atoms with Crippen LogP contribution in [0.1, 0.15) is 84.0 Å². The van der Waals surface area contributed by atoms with Crippen LogP contribution in [0.2, 0.25) is 0 Å². The molecule has 1 heterocycles. The molecule has 3 nitrogen and oxygen atoms in total. The fourth-order valence-corrected chi connectivity index (χ4v) is 2.68. The predicted molar refractivity (Wildman–Crippen MR) is 77.0 cm³/mol. The van der Waals surface area contributed by atoms with E-state index in [4.69, 9.17) is 4.74 Å². The van der Waals surface area contributed by atoms with Crippen LogP contribution in [0.25, 0.3) is 0 Å². The van der Waals surface area contributed by atoms with Crippen LogP contribution >= 0.6 is 0 Å². The topological polar surface area (TPSA) is 46.5 Å². The number of ether oxygens (including phenoxy) is 1. The van der Waals surface area contributed by atoms with Gasteiger partial charge in [0.05, 0.1) is 6.10 Å². The van der Waals surface area contributed by atoms with Crippen molar-refractivity contribution in [2.75, 3.05) is 0 Å². The van der Waals surface area contributed by atoms with Crippen LogP contribution in [0, 0.1) is 0 Å². The maximum absolute atomic E-state index is 11.1. The average Bonchev–Trinajstić information content (AvgIpc) is 2.41. The van der Waals surface area contributed by atoms with Gasteiger partial charge >= 0.3 is 5.97 Å². The Morgan fingerprint density at radius 1 is 1.16 bits per heavy atom. The number of esters is 1. The van der Waals surface area contributed by atoms with Crippen molar-refractivity contribution in [3.8, 4) is 0 Å². The van der Waals surface area contributed by atoms with E-state index in [1.165, 1.54) is 44.9 Å². The highest BCUT2D eigenvalue weighted by Gasteiger charge is 2.26. The zero-order valence-electron chi connectivity index (χ0n) is 12.4. The third-order valence-corrected chi connectivity index (χ3v) is 3.93. The lowest BCUT2D eigenvalue weighted by Crippen LogP contribution is -2.34. The first-order valence-corrected chi connectivity index (χ1v) is 8.11. The number of hydrogen-bond acceptors (Lipinski definition) is 3. The van der Waals surface area contributed by atoms with E-state index < -0.39 is 6.10 Å². The van der Waals surface area contributed by atoms with Crippen molar-refractivity contribution in [3.05, 3.63) is 0 Å². The van der Waals surface area contributed by atoms with Gasteiger partial charge in [0.25, 0.3) is 0 Å². The van der Waals surface area contributed by atoms with Crippen molar-refractivity contribution in [2.45, 2.75) is 96.2 Å². The van der Waals surface area contributed by atoms with E-state index in [2.05, 4.69) is 6.92 Å². The maximum atomic E-state index is 11.1.